The van der Waals surface area contributed by atoms with E-state index in [4.69, 9.17) is 4.74 Å². The molecule has 0 aromatic heterocycles. The van der Waals surface area contributed by atoms with Crippen LogP contribution in [-0.2, 0) is 9.53 Å². The summed E-state index contributed by atoms with van der Waals surface area (Å²) in [5.74, 6) is 2.13. The van der Waals surface area contributed by atoms with Gasteiger partial charge >= 0.3 is 5.97 Å². The molecule has 3 aliphatic rings. The fraction of sp³-hybridized carbons (Fsp3) is 0.971. The third-order valence-electron chi connectivity index (χ3n) is 11.2. The zero-order valence-corrected chi connectivity index (χ0v) is 25.3. The Bertz CT molecular complexity index is 590. The average Bonchev–Trinajstić information content (AvgIpc) is 2.95. The van der Waals surface area contributed by atoms with Crippen molar-refractivity contribution in [2.24, 2.45) is 22.7 Å². The lowest BCUT2D eigenvalue weighted by atomic mass is 9.49. The smallest absolute Gasteiger partial charge is 0.312 e. The molecule has 3 aliphatic carbocycles. The highest BCUT2D eigenvalue weighted by molar-refractivity contribution is 5.78. The first kappa shape index (κ1) is 31.0. The second kappa shape index (κ2) is 17.2. The predicted molar refractivity (Wildman–Crippen MR) is 159 cm³/mol. The maximum Gasteiger partial charge on any atom is 0.312 e. The summed E-state index contributed by atoms with van der Waals surface area (Å²) in [6, 6.07) is 0. The van der Waals surface area contributed by atoms with Crippen LogP contribution in [0.15, 0.2) is 0 Å². The van der Waals surface area contributed by atoms with Gasteiger partial charge in [0.25, 0.3) is 0 Å². The summed E-state index contributed by atoms with van der Waals surface area (Å²) in [5, 5.41) is 0. The second-order valence-electron chi connectivity index (χ2n) is 13.6. The van der Waals surface area contributed by atoms with Crippen LogP contribution in [0.1, 0.15) is 187 Å². The van der Waals surface area contributed by atoms with Crippen LogP contribution in [0.4, 0.5) is 0 Å². The number of esters is 1. The molecule has 0 radical (unpaired) electrons. The topological polar surface area (TPSA) is 26.3 Å². The molecule has 216 valence electrons. The SMILES string of the molecule is CCCCCCCCCC1(C2(C(=O)OCCCCCCC)CCCCC2)CCC(C2CCCCC2)CC1. The first-order chi connectivity index (χ1) is 18.2. The summed E-state index contributed by atoms with van der Waals surface area (Å²) in [6.07, 6.45) is 35.7. The van der Waals surface area contributed by atoms with Crippen molar-refractivity contribution in [3.8, 4) is 0 Å². The summed E-state index contributed by atoms with van der Waals surface area (Å²) in [6.45, 7) is 5.23. The number of hydrogen-bond acceptors (Lipinski definition) is 2. The number of unbranched alkanes of at least 4 members (excludes halogenated alkanes) is 10. The second-order valence-corrected chi connectivity index (χ2v) is 13.6. The molecule has 0 spiro atoms. The van der Waals surface area contributed by atoms with E-state index in [-0.39, 0.29) is 16.8 Å². The molecule has 0 atom stereocenters. The standard InChI is InChI=1S/C35H64O2/c1-3-5-7-9-10-11-17-25-34(28-23-32(24-29-34)31-21-15-13-16-22-31)35(26-18-14-19-27-35)33(36)37-30-20-12-8-6-4-2/h31-32H,3-30H2,1-2H3. The molecule has 0 aromatic rings. The van der Waals surface area contributed by atoms with Gasteiger partial charge in [-0.25, -0.2) is 0 Å². The van der Waals surface area contributed by atoms with E-state index in [0.29, 0.717) is 6.61 Å². The summed E-state index contributed by atoms with van der Waals surface area (Å²) in [7, 11) is 0. The first-order valence-corrected chi connectivity index (χ1v) is 17.3. The van der Waals surface area contributed by atoms with Gasteiger partial charge in [0.1, 0.15) is 0 Å². The van der Waals surface area contributed by atoms with Crippen molar-refractivity contribution < 1.29 is 9.53 Å². The van der Waals surface area contributed by atoms with Gasteiger partial charge in [0.15, 0.2) is 0 Å². The van der Waals surface area contributed by atoms with Crippen LogP contribution in [0.25, 0.3) is 0 Å². The third kappa shape index (κ3) is 8.99. The molecule has 3 saturated carbocycles. The van der Waals surface area contributed by atoms with Crippen molar-refractivity contribution in [1.29, 1.82) is 0 Å². The first-order valence-electron chi connectivity index (χ1n) is 17.3. The minimum absolute atomic E-state index is 0.186. The van der Waals surface area contributed by atoms with Gasteiger partial charge in [-0.1, -0.05) is 136 Å². The molecule has 0 aliphatic heterocycles. The highest BCUT2D eigenvalue weighted by Gasteiger charge is 2.57. The number of ether oxygens (including phenoxy) is 1. The Hall–Kier alpha value is -0.530. The van der Waals surface area contributed by atoms with Crippen LogP contribution in [0.5, 0.6) is 0 Å². The molecule has 3 rings (SSSR count). The van der Waals surface area contributed by atoms with Gasteiger partial charge in [-0.3, -0.25) is 4.79 Å². The zero-order chi connectivity index (χ0) is 26.2. The monoisotopic (exact) mass is 516 g/mol. The summed E-state index contributed by atoms with van der Waals surface area (Å²) >= 11 is 0. The van der Waals surface area contributed by atoms with Gasteiger partial charge in [-0.15, -0.1) is 0 Å². The van der Waals surface area contributed by atoms with Crippen molar-refractivity contribution >= 4 is 5.97 Å². The Balaban J connectivity index is 1.66. The number of carbonyl (C=O) groups is 1. The average molecular weight is 517 g/mol. The van der Waals surface area contributed by atoms with E-state index in [1.54, 1.807) is 0 Å². The minimum Gasteiger partial charge on any atom is -0.465 e. The van der Waals surface area contributed by atoms with Gasteiger partial charge < -0.3 is 4.74 Å². The molecule has 37 heavy (non-hydrogen) atoms. The Kier molecular flexibility index (Phi) is 14.4. The molecular weight excluding hydrogens is 452 g/mol. The molecule has 0 heterocycles. The quantitative estimate of drug-likeness (QED) is 0.142. The van der Waals surface area contributed by atoms with Crippen LogP contribution in [-0.4, -0.2) is 12.6 Å². The molecule has 0 N–H and O–H groups in total. The molecule has 2 heteroatoms. The van der Waals surface area contributed by atoms with Crippen LogP contribution in [0, 0.1) is 22.7 Å². The maximum absolute atomic E-state index is 14.1. The fourth-order valence-corrected chi connectivity index (χ4v) is 8.77. The Morgan fingerprint density at radius 2 is 1.11 bits per heavy atom. The highest BCUT2D eigenvalue weighted by Crippen LogP contribution is 2.61. The van der Waals surface area contributed by atoms with Crippen molar-refractivity contribution in [3.63, 3.8) is 0 Å². The highest BCUT2D eigenvalue weighted by atomic mass is 16.5. The van der Waals surface area contributed by atoms with Crippen molar-refractivity contribution in [2.75, 3.05) is 6.61 Å². The van der Waals surface area contributed by atoms with Crippen LogP contribution in [0.3, 0.4) is 0 Å². The molecule has 3 fully saturated rings. The Morgan fingerprint density at radius 3 is 1.73 bits per heavy atom. The molecular formula is C35H64O2. The van der Waals surface area contributed by atoms with E-state index >= 15 is 0 Å². The van der Waals surface area contributed by atoms with Crippen molar-refractivity contribution in [3.05, 3.63) is 0 Å². The summed E-state index contributed by atoms with van der Waals surface area (Å²) < 4.78 is 6.22. The fourth-order valence-electron chi connectivity index (χ4n) is 8.77. The van der Waals surface area contributed by atoms with Gasteiger partial charge in [0.2, 0.25) is 0 Å². The molecule has 0 bridgehead atoms. The van der Waals surface area contributed by atoms with E-state index in [0.717, 1.165) is 31.1 Å². The number of hydrogen-bond donors (Lipinski definition) is 0. The maximum atomic E-state index is 14.1. The van der Waals surface area contributed by atoms with Crippen LogP contribution >= 0.6 is 0 Å². The Labute approximate surface area is 231 Å². The van der Waals surface area contributed by atoms with Crippen LogP contribution < -0.4 is 0 Å². The Morgan fingerprint density at radius 1 is 0.595 bits per heavy atom. The van der Waals surface area contributed by atoms with Gasteiger partial charge in [-0.05, 0) is 68.6 Å². The third-order valence-corrected chi connectivity index (χ3v) is 11.2. The summed E-state index contributed by atoms with van der Waals surface area (Å²) in [4.78, 5) is 14.1. The number of carbonyl (C=O) groups excluding carboxylic acids is 1. The van der Waals surface area contributed by atoms with Gasteiger partial charge in [0, 0.05) is 0 Å². The van der Waals surface area contributed by atoms with Crippen molar-refractivity contribution in [2.45, 2.75) is 187 Å². The lowest BCUT2D eigenvalue weighted by molar-refractivity contribution is -0.175. The lowest BCUT2D eigenvalue weighted by Crippen LogP contribution is -2.52. The van der Waals surface area contributed by atoms with Crippen LogP contribution in [0.2, 0.25) is 0 Å². The van der Waals surface area contributed by atoms with Gasteiger partial charge in [0.05, 0.1) is 12.0 Å². The predicted octanol–water partition coefficient (Wildman–Crippen LogP) is 11.3. The van der Waals surface area contributed by atoms with E-state index in [2.05, 4.69) is 13.8 Å². The van der Waals surface area contributed by atoms with E-state index in [1.807, 2.05) is 0 Å². The summed E-state index contributed by atoms with van der Waals surface area (Å²) in [5.41, 5.74) is 0.0235. The minimum atomic E-state index is -0.186. The molecule has 0 saturated heterocycles. The van der Waals surface area contributed by atoms with E-state index in [9.17, 15) is 4.79 Å². The molecule has 2 nitrogen and oxygen atoms in total. The molecule has 0 unspecified atom stereocenters. The lowest BCUT2D eigenvalue weighted by Gasteiger charge is -2.55. The molecule has 0 aromatic carbocycles. The number of rotatable bonds is 17. The molecule has 0 amide bonds. The normalized spacial score (nSPS) is 26.7. The largest absolute Gasteiger partial charge is 0.465 e. The van der Waals surface area contributed by atoms with Gasteiger partial charge in [-0.2, -0.15) is 0 Å². The van der Waals surface area contributed by atoms with Crippen molar-refractivity contribution in [1.82, 2.24) is 0 Å². The van der Waals surface area contributed by atoms with E-state index < -0.39 is 0 Å². The zero-order valence-electron chi connectivity index (χ0n) is 25.3. The van der Waals surface area contributed by atoms with E-state index in [1.165, 1.54) is 154 Å².